The predicted octanol–water partition coefficient (Wildman–Crippen LogP) is 2.71. The van der Waals surface area contributed by atoms with E-state index in [0.717, 1.165) is 10.7 Å². The monoisotopic (exact) mass is 327 g/mol. The molecule has 0 aliphatic carbocycles. The number of carbonyl (C=O) groups is 2. The maximum atomic E-state index is 12.5. The van der Waals surface area contributed by atoms with Crippen LogP contribution in [-0.4, -0.2) is 40.1 Å². The van der Waals surface area contributed by atoms with Crippen LogP contribution in [0.1, 0.15) is 45.3 Å². The Morgan fingerprint density at radius 3 is 2.36 bits per heavy atom. The van der Waals surface area contributed by atoms with Crippen LogP contribution in [0.25, 0.3) is 0 Å². The van der Waals surface area contributed by atoms with Crippen molar-refractivity contribution in [1.29, 1.82) is 0 Å². The largest absolute Gasteiger partial charge is 0.444 e. The molecule has 0 aromatic carbocycles. The van der Waals surface area contributed by atoms with Crippen molar-refractivity contribution in [2.24, 2.45) is 0 Å². The van der Waals surface area contributed by atoms with Crippen LogP contribution in [0.3, 0.4) is 0 Å². The van der Waals surface area contributed by atoms with Crippen LogP contribution < -0.4 is 5.32 Å². The predicted molar refractivity (Wildman–Crippen MR) is 86.8 cm³/mol. The minimum absolute atomic E-state index is 0.205. The zero-order chi connectivity index (χ0) is 17.1. The summed E-state index contributed by atoms with van der Waals surface area (Å²) in [7, 11) is 1.69. The van der Waals surface area contributed by atoms with Crippen LogP contribution in [0.15, 0.2) is 5.38 Å². The van der Waals surface area contributed by atoms with E-state index in [4.69, 9.17) is 4.74 Å². The van der Waals surface area contributed by atoms with E-state index >= 15 is 0 Å². The third kappa shape index (κ3) is 5.63. The Bertz CT molecular complexity index is 546. The van der Waals surface area contributed by atoms with Crippen molar-refractivity contribution in [3.8, 4) is 0 Å². The summed E-state index contributed by atoms with van der Waals surface area (Å²) in [5.41, 5.74) is -0.818. The Kier molecular flexibility index (Phi) is 5.56. The van der Waals surface area contributed by atoms with Gasteiger partial charge in [0.05, 0.1) is 17.2 Å². The van der Waals surface area contributed by atoms with Gasteiger partial charge in [-0.25, -0.2) is 9.78 Å². The summed E-state index contributed by atoms with van der Waals surface area (Å²) in [5.74, 6) is -0.205. The quantitative estimate of drug-likeness (QED) is 0.923. The molecule has 124 valence electrons. The molecule has 0 fully saturated rings. The zero-order valence-electron chi connectivity index (χ0n) is 14.3. The molecule has 1 heterocycles. The first-order valence-electron chi connectivity index (χ1n) is 7.08. The first kappa shape index (κ1) is 18.4. The van der Waals surface area contributed by atoms with Crippen molar-refractivity contribution in [3.05, 3.63) is 16.1 Å². The normalized spacial score (nSPS) is 12.0. The van der Waals surface area contributed by atoms with E-state index in [-0.39, 0.29) is 5.91 Å². The van der Waals surface area contributed by atoms with Gasteiger partial charge in [0.1, 0.15) is 11.1 Å². The van der Waals surface area contributed by atoms with E-state index in [9.17, 15) is 9.59 Å². The van der Waals surface area contributed by atoms with Crippen molar-refractivity contribution in [1.82, 2.24) is 15.2 Å². The summed E-state index contributed by atoms with van der Waals surface area (Å²) in [4.78, 5) is 30.2. The van der Waals surface area contributed by atoms with Gasteiger partial charge in [-0.2, -0.15) is 0 Å². The Morgan fingerprint density at radius 1 is 1.32 bits per heavy atom. The number of ether oxygens (including phenoxy) is 1. The average molecular weight is 327 g/mol. The second kappa shape index (κ2) is 6.64. The number of aromatic nitrogens is 1. The summed E-state index contributed by atoms with van der Waals surface area (Å²) >= 11 is 1.54. The number of aryl methyl sites for hydroxylation is 1. The van der Waals surface area contributed by atoms with Crippen LogP contribution in [0.4, 0.5) is 4.79 Å². The van der Waals surface area contributed by atoms with E-state index in [1.54, 1.807) is 57.9 Å². The number of carbonyl (C=O) groups excluding carboxylic acids is 2. The van der Waals surface area contributed by atoms with Gasteiger partial charge < -0.3 is 15.0 Å². The molecule has 1 N–H and O–H groups in total. The summed E-state index contributed by atoms with van der Waals surface area (Å²) in [6.07, 6.45) is -0.608. The number of hydrogen-bond donors (Lipinski definition) is 1. The summed E-state index contributed by atoms with van der Waals surface area (Å²) in [6, 6.07) is 0. The van der Waals surface area contributed by atoms with Crippen molar-refractivity contribution >= 4 is 23.3 Å². The molecule has 0 saturated heterocycles. The van der Waals surface area contributed by atoms with Crippen molar-refractivity contribution in [2.45, 2.75) is 59.2 Å². The SMILES string of the molecule is Cc1nc(CN(C)C(=O)C(C)(C)NC(=O)OC(C)(C)C)cs1. The fourth-order valence-corrected chi connectivity index (χ4v) is 2.49. The van der Waals surface area contributed by atoms with Gasteiger partial charge >= 0.3 is 6.09 Å². The molecule has 22 heavy (non-hydrogen) atoms. The van der Waals surface area contributed by atoms with E-state index in [1.165, 1.54) is 0 Å². The highest BCUT2D eigenvalue weighted by Crippen LogP contribution is 2.14. The number of nitrogens with zero attached hydrogens (tertiary/aromatic N) is 2. The van der Waals surface area contributed by atoms with Gasteiger partial charge in [0, 0.05) is 12.4 Å². The Morgan fingerprint density at radius 2 is 1.91 bits per heavy atom. The summed E-state index contributed by atoms with van der Waals surface area (Å²) in [6.45, 7) is 11.0. The summed E-state index contributed by atoms with van der Waals surface area (Å²) < 4.78 is 5.19. The highest BCUT2D eigenvalue weighted by Gasteiger charge is 2.34. The molecule has 0 spiro atoms. The van der Waals surface area contributed by atoms with Gasteiger partial charge in [-0.15, -0.1) is 11.3 Å². The number of hydrogen-bond acceptors (Lipinski definition) is 5. The molecule has 7 heteroatoms. The third-order valence-electron chi connectivity index (χ3n) is 2.76. The second-order valence-electron chi connectivity index (χ2n) is 6.77. The molecule has 0 atom stereocenters. The lowest BCUT2D eigenvalue weighted by molar-refractivity contribution is -0.136. The minimum atomic E-state index is -1.05. The van der Waals surface area contributed by atoms with Crippen molar-refractivity contribution in [2.75, 3.05) is 7.05 Å². The molecule has 0 aliphatic heterocycles. The first-order valence-corrected chi connectivity index (χ1v) is 7.96. The first-order chi connectivity index (χ1) is 9.90. The molecule has 0 unspecified atom stereocenters. The lowest BCUT2D eigenvalue weighted by atomic mass is 10.0. The maximum absolute atomic E-state index is 12.5. The maximum Gasteiger partial charge on any atom is 0.408 e. The Labute approximate surface area is 135 Å². The van der Waals surface area contributed by atoms with E-state index in [0.29, 0.717) is 6.54 Å². The smallest absolute Gasteiger partial charge is 0.408 e. The standard InChI is InChI=1S/C15H25N3O3S/c1-10-16-11(9-22-10)8-18(7)12(19)15(5,6)17-13(20)21-14(2,3)4/h9H,8H2,1-7H3,(H,17,20). The van der Waals surface area contributed by atoms with Crippen LogP contribution in [-0.2, 0) is 16.1 Å². The van der Waals surface area contributed by atoms with Crippen molar-refractivity contribution < 1.29 is 14.3 Å². The Hall–Kier alpha value is -1.63. The average Bonchev–Trinajstić information content (AvgIpc) is 2.70. The van der Waals surface area contributed by atoms with Crippen molar-refractivity contribution in [3.63, 3.8) is 0 Å². The Balaban J connectivity index is 2.66. The molecular weight excluding hydrogens is 302 g/mol. The lowest BCUT2D eigenvalue weighted by Crippen LogP contribution is -2.55. The molecule has 2 amide bonds. The highest BCUT2D eigenvalue weighted by atomic mass is 32.1. The van der Waals surface area contributed by atoms with Gasteiger partial charge in [0.25, 0.3) is 0 Å². The molecule has 1 aromatic rings. The number of amides is 2. The molecule has 0 aliphatic rings. The lowest BCUT2D eigenvalue weighted by Gasteiger charge is -2.31. The van der Waals surface area contributed by atoms with Gasteiger partial charge in [-0.05, 0) is 41.5 Å². The van der Waals surface area contributed by atoms with Crippen LogP contribution in [0.2, 0.25) is 0 Å². The topological polar surface area (TPSA) is 71.5 Å². The molecule has 0 bridgehead atoms. The number of thiazole rings is 1. The number of alkyl carbamates (subject to hydrolysis) is 1. The van der Waals surface area contributed by atoms with Gasteiger partial charge in [0.15, 0.2) is 0 Å². The van der Waals surface area contributed by atoms with Crippen LogP contribution in [0, 0.1) is 6.92 Å². The second-order valence-corrected chi connectivity index (χ2v) is 7.83. The highest BCUT2D eigenvalue weighted by molar-refractivity contribution is 7.09. The van der Waals surface area contributed by atoms with Crippen LogP contribution in [0.5, 0.6) is 0 Å². The van der Waals surface area contributed by atoms with Crippen LogP contribution >= 0.6 is 11.3 Å². The molecular formula is C15H25N3O3S. The van der Waals surface area contributed by atoms with E-state index in [2.05, 4.69) is 10.3 Å². The molecule has 0 saturated carbocycles. The molecule has 6 nitrogen and oxygen atoms in total. The number of likely N-dealkylation sites (N-methyl/N-ethyl adjacent to an activating group) is 1. The van der Waals surface area contributed by atoms with Gasteiger partial charge in [0.2, 0.25) is 5.91 Å². The number of rotatable bonds is 4. The van der Waals surface area contributed by atoms with E-state index in [1.807, 2.05) is 12.3 Å². The van der Waals surface area contributed by atoms with Gasteiger partial charge in [-0.1, -0.05) is 0 Å². The number of nitrogens with one attached hydrogen (secondary N) is 1. The van der Waals surface area contributed by atoms with Gasteiger partial charge in [-0.3, -0.25) is 4.79 Å². The molecule has 0 radical (unpaired) electrons. The molecule has 1 rings (SSSR count). The minimum Gasteiger partial charge on any atom is -0.444 e. The third-order valence-corrected chi connectivity index (χ3v) is 3.58. The summed E-state index contributed by atoms with van der Waals surface area (Å²) in [5, 5.41) is 5.50. The fourth-order valence-electron chi connectivity index (χ4n) is 1.89. The molecule has 1 aromatic heterocycles. The zero-order valence-corrected chi connectivity index (χ0v) is 15.1. The van der Waals surface area contributed by atoms with E-state index < -0.39 is 17.2 Å². The fraction of sp³-hybridized carbons (Fsp3) is 0.667.